The van der Waals surface area contributed by atoms with E-state index in [9.17, 15) is 0 Å². The monoisotopic (exact) mass is 369 g/mol. The summed E-state index contributed by atoms with van der Waals surface area (Å²) in [4.78, 5) is 4.17. The topological polar surface area (TPSA) is 64.7 Å². The number of aromatic nitrogens is 3. The number of benzene rings is 2. The number of para-hydroxylation sites is 1. The Kier molecular flexibility index (Phi) is 5.20. The molecule has 0 aliphatic carbocycles. The van der Waals surface area contributed by atoms with E-state index >= 15 is 0 Å². The molecule has 0 N–H and O–H groups in total. The molecule has 0 saturated heterocycles. The first kappa shape index (κ1) is 17.6. The zero-order valence-corrected chi connectivity index (χ0v) is 15.4. The molecule has 0 spiro atoms. The van der Waals surface area contributed by atoms with Crippen molar-refractivity contribution in [2.45, 2.75) is 6.54 Å². The summed E-state index contributed by atoms with van der Waals surface area (Å²) in [7, 11) is 1.66. The predicted octanol–water partition coefficient (Wildman–Crippen LogP) is 5.23. The van der Waals surface area contributed by atoms with Gasteiger partial charge in [0.25, 0.3) is 0 Å². The Labute approximate surface area is 163 Å². The molecule has 6 nitrogen and oxygen atoms in total. The molecule has 2 heterocycles. The molecule has 2 aromatic carbocycles. The summed E-state index contributed by atoms with van der Waals surface area (Å²) in [5, 5.41) is 13.3. The minimum Gasteiger partial charge on any atom is -0.497 e. The molecule has 0 atom stereocenters. The molecule has 28 heavy (non-hydrogen) atoms. The van der Waals surface area contributed by atoms with Crippen LogP contribution in [0.5, 0.6) is 5.75 Å². The van der Waals surface area contributed by atoms with Crippen molar-refractivity contribution in [2.24, 2.45) is 10.2 Å². The molecule has 0 amide bonds. The van der Waals surface area contributed by atoms with Crippen molar-refractivity contribution < 1.29 is 4.74 Å². The highest BCUT2D eigenvalue weighted by molar-refractivity contribution is 5.64. The smallest absolute Gasteiger partial charge is 0.173 e. The summed E-state index contributed by atoms with van der Waals surface area (Å²) < 4.78 is 7.12. The molecule has 0 saturated carbocycles. The maximum Gasteiger partial charge on any atom is 0.173 e. The van der Waals surface area contributed by atoms with E-state index in [-0.39, 0.29) is 0 Å². The average Bonchev–Trinajstić information content (AvgIpc) is 3.19. The van der Waals surface area contributed by atoms with Crippen LogP contribution in [0.1, 0.15) is 5.56 Å². The molecular weight excluding hydrogens is 350 g/mol. The van der Waals surface area contributed by atoms with Crippen LogP contribution < -0.4 is 4.74 Å². The Morgan fingerprint density at radius 3 is 2.43 bits per heavy atom. The van der Waals surface area contributed by atoms with Gasteiger partial charge in [-0.05, 0) is 48.5 Å². The van der Waals surface area contributed by atoms with Gasteiger partial charge in [-0.3, -0.25) is 0 Å². The Bertz CT molecular complexity index is 1060. The maximum atomic E-state index is 5.26. The predicted molar refractivity (Wildman–Crippen MR) is 108 cm³/mol. The van der Waals surface area contributed by atoms with E-state index in [0.717, 1.165) is 28.3 Å². The Hall–Kier alpha value is -3.80. The van der Waals surface area contributed by atoms with Crippen molar-refractivity contribution in [2.75, 3.05) is 7.11 Å². The van der Waals surface area contributed by atoms with Gasteiger partial charge in [0.05, 0.1) is 25.0 Å². The molecule has 0 fully saturated rings. The van der Waals surface area contributed by atoms with Crippen LogP contribution in [0.2, 0.25) is 0 Å². The summed E-state index contributed by atoms with van der Waals surface area (Å²) >= 11 is 0. The summed E-state index contributed by atoms with van der Waals surface area (Å²) in [6.07, 6.45) is 3.69. The van der Waals surface area contributed by atoms with Crippen LogP contribution >= 0.6 is 0 Å². The van der Waals surface area contributed by atoms with E-state index in [0.29, 0.717) is 12.4 Å². The van der Waals surface area contributed by atoms with Gasteiger partial charge in [-0.25, -0.2) is 9.67 Å². The Balaban J connectivity index is 1.68. The van der Waals surface area contributed by atoms with E-state index in [1.807, 2.05) is 83.7 Å². The molecule has 4 aromatic rings. The van der Waals surface area contributed by atoms with Crippen molar-refractivity contribution in [3.8, 4) is 22.7 Å². The molecule has 0 bridgehead atoms. The van der Waals surface area contributed by atoms with E-state index in [4.69, 9.17) is 9.84 Å². The number of rotatable bonds is 6. The lowest BCUT2D eigenvalue weighted by atomic mass is 10.1. The fourth-order valence-electron chi connectivity index (χ4n) is 2.83. The highest BCUT2D eigenvalue weighted by Gasteiger charge is 2.12. The van der Waals surface area contributed by atoms with E-state index in [1.54, 1.807) is 13.3 Å². The second kappa shape index (κ2) is 8.26. The third-order valence-electron chi connectivity index (χ3n) is 4.24. The summed E-state index contributed by atoms with van der Waals surface area (Å²) in [5.41, 5.74) is 3.84. The fourth-order valence-corrected chi connectivity index (χ4v) is 2.83. The lowest BCUT2D eigenvalue weighted by molar-refractivity contribution is 0.415. The van der Waals surface area contributed by atoms with Gasteiger partial charge >= 0.3 is 0 Å². The Morgan fingerprint density at radius 2 is 1.71 bits per heavy atom. The molecule has 2 aromatic heterocycles. The van der Waals surface area contributed by atoms with Gasteiger partial charge in [-0.15, -0.1) is 5.11 Å². The van der Waals surface area contributed by atoms with Crippen LogP contribution in [0.3, 0.4) is 0 Å². The molecular formula is C22H19N5O. The largest absolute Gasteiger partial charge is 0.497 e. The molecule has 138 valence electrons. The average molecular weight is 369 g/mol. The van der Waals surface area contributed by atoms with Crippen molar-refractivity contribution in [3.63, 3.8) is 0 Å². The minimum atomic E-state index is 0.408. The van der Waals surface area contributed by atoms with E-state index in [2.05, 4.69) is 15.2 Å². The standard InChI is InChI=1S/C22H19N5O/c1-28-20-12-10-17(11-13-20)22-18(15-24-25-21-9-5-6-14-23-21)16-27(26-22)19-7-3-2-4-8-19/h2-14,16H,15H2,1H3. The molecule has 4 rings (SSSR count). The number of pyridine rings is 1. The highest BCUT2D eigenvalue weighted by Crippen LogP contribution is 2.26. The molecule has 0 aliphatic rings. The molecule has 6 heteroatoms. The highest BCUT2D eigenvalue weighted by atomic mass is 16.5. The first-order valence-electron chi connectivity index (χ1n) is 8.90. The zero-order valence-electron chi connectivity index (χ0n) is 15.4. The van der Waals surface area contributed by atoms with Crippen LogP contribution in [0, 0.1) is 0 Å². The van der Waals surface area contributed by atoms with Crippen LogP contribution in [-0.2, 0) is 6.54 Å². The van der Waals surface area contributed by atoms with Crippen molar-refractivity contribution >= 4 is 5.82 Å². The van der Waals surface area contributed by atoms with Gasteiger partial charge < -0.3 is 4.74 Å². The van der Waals surface area contributed by atoms with Crippen molar-refractivity contribution in [1.29, 1.82) is 0 Å². The molecule has 0 aliphatic heterocycles. The first-order chi connectivity index (χ1) is 13.8. The number of azo groups is 1. The van der Waals surface area contributed by atoms with Gasteiger partial charge in [0.2, 0.25) is 0 Å². The third-order valence-corrected chi connectivity index (χ3v) is 4.24. The van der Waals surface area contributed by atoms with Gasteiger partial charge in [-0.1, -0.05) is 24.3 Å². The number of nitrogens with zero attached hydrogens (tertiary/aromatic N) is 5. The van der Waals surface area contributed by atoms with Crippen molar-refractivity contribution in [1.82, 2.24) is 14.8 Å². The van der Waals surface area contributed by atoms with Gasteiger partial charge in [0, 0.05) is 23.5 Å². The minimum absolute atomic E-state index is 0.408. The molecule has 0 radical (unpaired) electrons. The quantitative estimate of drug-likeness (QED) is 0.437. The van der Waals surface area contributed by atoms with Crippen molar-refractivity contribution in [3.05, 3.63) is 90.8 Å². The second-order valence-electron chi connectivity index (χ2n) is 6.10. The third kappa shape index (κ3) is 3.96. The zero-order chi connectivity index (χ0) is 19.2. The van der Waals surface area contributed by atoms with Crippen LogP contribution in [-0.4, -0.2) is 21.9 Å². The number of methoxy groups -OCH3 is 1. The summed E-state index contributed by atoms with van der Waals surface area (Å²) in [5.74, 6) is 1.39. The maximum absolute atomic E-state index is 5.26. The first-order valence-corrected chi connectivity index (χ1v) is 8.90. The summed E-state index contributed by atoms with van der Waals surface area (Å²) in [6.45, 7) is 0.408. The van der Waals surface area contributed by atoms with Crippen LogP contribution in [0.4, 0.5) is 5.82 Å². The lowest BCUT2D eigenvalue weighted by Crippen LogP contribution is -1.94. The SMILES string of the molecule is COc1ccc(-c2nn(-c3ccccc3)cc2CN=Nc2ccccn2)cc1. The van der Waals surface area contributed by atoms with E-state index in [1.165, 1.54) is 0 Å². The number of hydrogen-bond donors (Lipinski definition) is 0. The lowest BCUT2D eigenvalue weighted by Gasteiger charge is -2.03. The number of ether oxygens (including phenoxy) is 1. The van der Waals surface area contributed by atoms with Gasteiger partial charge in [0.15, 0.2) is 5.82 Å². The van der Waals surface area contributed by atoms with Crippen LogP contribution in [0.15, 0.2) is 95.4 Å². The van der Waals surface area contributed by atoms with Crippen LogP contribution in [0.25, 0.3) is 16.9 Å². The van der Waals surface area contributed by atoms with E-state index < -0.39 is 0 Å². The van der Waals surface area contributed by atoms with Gasteiger partial charge in [0.1, 0.15) is 5.75 Å². The Morgan fingerprint density at radius 1 is 0.929 bits per heavy atom. The molecule has 0 unspecified atom stereocenters. The summed E-state index contributed by atoms with van der Waals surface area (Å²) in [6, 6.07) is 23.4. The number of hydrogen-bond acceptors (Lipinski definition) is 5. The fraction of sp³-hybridized carbons (Fsp3) is 0.0909. The normalized spacial score (nSPS) is 11.0. The van der Waals surface area contributed by atoms with Gasteiger partial charge in [-0.2, -0.15) is 10.2 Å². The second-order valence-corrected chi connectivity index (χ2v) is 6.10.